The molecule has 3 rings (SSSR count). The van der Waals surface area contributed by atoms with Crippen LogP contribution in [0.2, 0.25) is 0 Å². The van der Waals surface area contributed by atoms with Gasteiger partial charge >= 0.3 is 0 Å². The van der Waals surface area contributed by atoms with Crippen molar-refractivity contribution in [2.45, 2.75) is 13.1 Å². The van der Waals surface area contributed by atoms with Crippen molar-refractivity contribution < 1.29 is 14.3 Å². The third-order valence-electron chi connectivity index (χ3n) is 4.09. The van der Waals surface area contributed by atoms with Crippen LogP contribution in [0.3, 0.4) is 0 Å². The summed E-state index contributed by atoms with van der Waals surface area (Å²) in [5, 5.41) is 8.98. The van der Waals surface area contributed by atoms with Crippen LogP contribution in [0.5, 0.6) is 11.5 Å². The summed E-state index contributed by atoms with van der Waals surface area (Å²) in [5.74, 6) is 1.89. The van der Waals surface area contributed by atoms with Crippen molar-refractivity contribution in [3.8, 4) is 22.2 Å². The van der Waals surface area contributed by atoms with Gasteiger partial charge in [-0.3, -0.25) is 14.5 Å². The standard InChI is InChI=1S/C18H20N4O3S2/c1-21(10-12-6-7-13(24-2)14(9-12)25-3)16(23)11-22-17(19-20-18(22)26)15-5-4-8-27-15/h4-9H,10-11H2,1-3H3,(H,20,26). The van der Waals surface area contributed by atoms with Gasteiger partial charge in [-0.15, -0.1) is 11.3 Å². The summed E-state index contributed by atoms with van der Waals surface area (Å²) < 4.78 is 12.7. The van der Waals surface area contributed by atoms with E-state index in [1.54, 1.807) is 42.1 Å². The summed E-state index contributed by atoms with van der Waals surface area (Å²) in [7, 11) is 4.93. The van der Waals surface area contributed by atoms with Crippen LogP contribution in [-0.2, 0) is 17.9 Å². The van der Waals surface area contributed by atoms with Gasteiger partial charge in [-0.05, 0) is 41.4 Å². The minimum absolute atomic E-state index is 0.0694. The van der Waals surface area contributed by atoms with Gasteiger partial charge in [0, 0.05) is 13.6 Å². The number of nitrogens with one attached hydrogen (secondary N) is 1. The number of nitrogens with zero attached hydrogens (tertiary/aromatic N) is 3. The number of carbonyl (C=O) groups excluding carboxylic acids is 1. The highest BCUT2D eigenvalue weighted by atomic mass is 32.1. The average Bonchev–Trinajstić information content (AvgIpc) is 3.32. The number of carbonyl (C=O) groups is 1. The molecule has 0 bridgehead atoms. The molecule has 2 aromatic heterocycles. The van der Waals surface area contributed by atoms with E-state index in [0.717, 1.165) is 10.4 Å². The Morgan fingerprint density at radius 1 is 1.30 bits per heavy atom. The number of aromatic nitrogens is 3. The van der Waals surface area contributed by atoms with E-state index in [9.17, 15) is 4.79 Å². The first-order chi connectivity index (χ1) is 13.0. The van der Waals surface area contributed by atoms with Crippen LogP contribution in [0.1, 0.15) is 5.56 Å². The zero-order chi connectivity index (χ0) is 19.4. The zero-order valence-corrected chi connectivity index (χ0v) is 16.9. The minimum atomic E-state index is -0.0694. The number of hydrogen-bond acceptors (Lipinski definition) is 6. The molecule has 1 amide bonds. The van der Waals surface area contributed by atoms with Crippen LogP contribution < -0.4 is 9.47 Å². The second-order valence-electron chi connectivity index (χ2n) is 5.85. The maximum atomic E-state index is 12.7. The molecule has 0 aliphatic heterocycles. The lowest BCUT2D eigenvalue weighted by atomic mass is 10.2. The van der Waals surface area contributed by atoms with Crippen molar-refractivity contribution in [1.29, 1.82) is 0 Å². The summed E-state index contributed by atoms with van der Waals surface area (Å²) in [6.07, 6.45) is 0. The van der Waals surface area contributed by atoms with E-state index in [2.05, 4.69) is 10.2 Å². The van der Waals surface area contributed by atoms with Gasteiger partial charge in [-0.2, -0.15) is 5.10 Å². The Hall–Kier alpha value is -2.65. The average molecular weight is 405 g/mol. The highest BCUT2D eigenvalue weighted by molar-refractivity contribution is 7.71. The van der Waals surface area contributed by atoms with Crippen molar-refractivity contribution in [3.05, 3.63) is 46.0 Å². The molecule has 0 spiro atoms. The molecule has 3 aromatic rings. The molecule has 27 heavy (non-hydrogen) atoms. The first-order valence-electron chi connectivity index (χ1n) is 8.17. The molecule has 2 heterocycles. The molecule has 0 atom stereocenters. The van der Waals surface area contributed by atoms with Crippen LogP contribution in [0.4, 0.5) is 0 Å². The van der Waals surface area contributed by atoms with Gasteiger partial charge in [0.1, 0.15) is 6.54 Å². The molecule has 9 heteroatoms. The number of likely N-dealkylation sites (N-methyl/N-ethyl adjacent to an activating group) is 1. The van der Waals surface area contributed by atoms with Gasteiger partial charge in [-0.25, -0.2) is 0 Å². The molecule has 7 nitrogen and oxygen atoms in total. The highest BCUT2D eigenvalue weighted by Crippen LogP contribution is 2.28. The number of thiophene rings is 1. The summed E-state index contributed by atoms with van der Waals surface area (Å²) in [5.41, 5.74) is 0.942. The third kappa shape index (κ3) is 4.20. The predicted molar refractivity (Wildman–Crippen MR) is 107 cm³/mol. The van der Waals surface area contributed by atoms with E-state index in [4.69, 9.17) is 21.7 Å². The minimum Gasteiger partial charge on any atom is -0.493 e. The number of aromatic amines is 1. The Morgan fingerprint density at radius 3 is 2.74 bits per heavy atom. The van der Waals surface area contributed by atoms with E-state index < -0.39 is 0 Å². The zero-order valence-electron chi connectivity index (χ0n) is 15.3. The number of H-pyrrole nitrogens is 1. The normalized spacial score (nSPS) is 10.6. The lowest BCUT2D eigenvalue weighted by Gasteiger charge is -2.19. The fraction of sp³-hybridized carbons (Fsp3) is 0.278. The topological polar surface area (TPSA) is 72.4 Å². The molecule has 0 radical (unpaired) electrons. The second kappa shape index (κ2) is 8.36. The van der Waals surface area contributed by atoms with E-state index in [1.165, 1.54) is 0 Å². The molecule has 0 saturated carbocycles. The van der Waals surface area contributed by atoms with Crippen molar-refractivity contribution in [2.24, 2.45) is 0 Å². The quantitative estimate of drug-likeness (QED) is 0.612. The Bertz CT molecular complexity index is 979. The van der Waals surface area contributed by atoms with Crippen LogP contribution >= 0.6 is 23.6 Å². The molecule has 0 aliphatic carbocycles. The number of benzene rings is 1. The lowest BCUT2D eigenvalue weighted by molar-refractivity contribution is -0.131. The van der Waals surface area contributed by atoms with Gasteiger partial charge in [0.25, 0.3) is 0 Å². The number of ether oxygens (including phenoxy) is 2. The highest BCUT2D eigenvalue weighted by Gasteiger charge is 2.16. The van der Waals surface area contributed by atoms with Crippen LogP contribution in [0, 0.1) is 4.77 Å². The first-order valence-corrected chi connectivity index (χ1v) is 9.46. The summed E-state index contributed by atoms with van der Waals surface area (Å²) in [6, 6.07) is 9.49. The smallest absolute Gasteiger partial charge is 0.242 e. The first kappa shape index (κ1) is 19.1. The summed E-state index contributed by atoms with van der Waals surface area (Å²) in [4.78, 5) is 15.3. The Kier molecular flexibility index (Phi) is 5.92. The summed E-state index contributed by atoms with van der Waals surface area (Å²) in [6.45, 7) is 0.561. The number of methoxy groups -OCH3 is 2. The van der Waals surface area contributed by atoms with Gasteiger partial charge in [-0.1, -0.05) is 12.1 Å². The van der Waals surface area contributed by atoms with E-state index in [-0.39, 0.29) is 12.5 Å². The van der Waals surface area contributed by atoms with Crippen LogP contribution in [0.15, 0.2) is 35.7 Å². The lowest BCUT2D eigenvalue weighted by Crippen LogP contribution is -2.30. The van der Waals surface area contributed by atoms with Crippen molar-refractivity contribution in [2.75, 3.05) is 21.3 Å². The number of amides is 1. The third-order valence-corrected chi connectivity index (χ3v) is 5.26. The van der Waals surface area contributed by atoms with Crippen molar-refractivity contribution in [3.63, 3.8) is 0 Å². The van der Waals surface area contributed by atoms with Crippen molar-refractivity contribution >= 4 is 29.5 Å². The Labute approximate surface area is 166 Å². The second-order valence-corrected chi connectivity index (χ2v) is 7.19. The van der Waals surface area contributed by atoms with E-state index in [1.807, 2.05) is 35.7 Å². The maximum Gasteiger partial charge on any atom is 0.242 e. The largest absolute Gasteiger partial charge is 0.493 e. The molecule has 1 aromatic carbocycles. The monoisotopic (exact) mass is 404 g/mol. The predicted octanol–water partition coefficient (Wildman–Crippen LogP) is 3.34. The molecular weight excluding hydrogens is 384 g/mol. The number of hydrogen-bond donors (Lipinski definition) is 1. The van der Waals surface area contributed by atoms with Gasteiger partial charge < -0.3 is 14.4 Å². The SMILES string of the molecule is COc1ccc(CN(C)C(=O)Cn2c(-c3cccs3)n[nH]c2=S)cc1OC. The van der Waals surface area contributed by atoms with Crippen LogP contribution in [0.25, 0.3) is 10.7 Å². The maximum absolute atomic E-state index is 12.7. The molecule has 0 fully saturated rings. The van der Waals surface area contributed by atoms with Gasteiger partial charge in [0.2, 0.25) is 5.91 Å². The molecule has 1 N–H and O–H groups in total. The molecular formula is C18H20N4O3S2. The fourth-order valence-electron chi connectivity index (χ4n) is 2.66. The van der Waals surface area contributed by atoms with E-state index >= 15 is 0 Å². The molecule has 0 aliphatic rings. The van der Waals surface area contributed by atoms with Crippen molar-refractivity contribution in [1.82, 2.24) is 19.7 Å². The van der Waals surface area contributed by atoms with Crippen LogP contribution in [-0.4, -0.2) is 46.8 Å². The van der Waals surface area contributed by atoms with Gasteiger partial charge in [0.15, 0.2) is 22.1 Å². The Morgan fingerprint density at radius 2 is 2.07 bits per heavy atom. The van der Waals surface area contributed by atoms with Gasteiger partial charge in [0.05, 0.1) is 19.1 Å². The van der Waals surface area contributed by atoms with E-state index in [0.29, 0.717) is 28.6 Å². The summed E-state index contributed by atoms with van der Waals surface area (Å²) >= 11 is 6.84. The molecule has 142 valence electrons. The number of rotatable bonds is 7. The Balaban J connectivity index is 1.74. The fourth-order valence-corrected chi connectivity index (χ4v) is 3.57. The molecule has 0 saturated heterocycles. The molecule has 0 unspecified atom stereocenters.